The molecule has 2 heteroatoms. The Morgan fingerprint density at radius 2 is 2.13 bits per heavy atom. The van der Waals surface area contributed by atoms with Gasteiger partial charge in [0.1, 0.15) is 5.60 Å². The summed E-state index contributed by atoms with van der Waals surface area (Å²) in [7, 11) is 0. The average molecular weight is 212 g/mol. The number of hydrogen-bond acceptors (Lipinski definition) is 2. The Labute approximate surface area is 93.4 Å². The second-order valence-electron chi connectivity index (χ2n) is 4.86. The molecule has 88 valence electrons. The van der Waals surface area contributed by atoms with Gasteiger partial charge in [-0.1, -0.05) is 20.8 Å². The molecule has 0 spiro atoms. The van der Waals surface area contributed by atoms with Crippen LogP contribution in [0.1, 0.15) is 59.3 Å². The Bertz CT molecular complexity index is 213. The smallest absolute Gasteiger partial charge is 0.164 e. The van der Waals surface area contributed by atoms with E-state index in [0.29, 0.717) is 18.1 Å². The molecule has 0 aromatic carbocycles. The SMILES string of the molecule is CCCOC1(C(=O)CCC)CCC(C)C1. The van der Waals surface area contributed by atoms with Gasteiger partial charge in [-0.15, -0.1) is 0 Å². The molecule has 2 atom stereocenters. The lowest BCUT2D eigenvalue weighted by molar-refractivity contribution is -0.144. The van der Waals surface area contributed by atoms with Crippen LogP contribution in [0.5, 0.6) is 0 Å². The van der Waals surface area contributed by atoms with Crippen molar-refractivity contribution in [1.82, 2.24) is 0 Å². The van der Waals surface area contributed by atoms with Gasteiger partial charge in [0.25, 0.3) is 0 Å². The minimum atomic E-state index is -0.411. The largest absolute Gasteiger partial charge is 0.367 e. The number of carbonyl (C=O) groups excluding carboxylic acids is 1. The van der Waals surface area contributed by atoms with Crippen molar-refractivity contribution in [3.63, 3.8) is 0 Å². The summed E-state index contributed by atoms with van der Waals surface area (Å²) in [5.41, 5.74) is -0.411. The maximum absolute atomic E-state index is 12.1. The number of rotatable bonds is 6. The molecule has 0 radical (unpaired) electrons. The van der Waals surface area contributed by atoms with Crippen molar-refractivity contribution in [2.24, 2.45) is 5.92 Å². The number of carbonyl (C=O) groups is 1. The van der Waals surface area contributed by atoms with Gasteiger partial charge in [-0.25, -0.2) is 0 Å². The van der Waals surface area contributed by atoms with E-state index in [9.17, 15) is 4.79 Å². The Hall–Kier alpha value is -0.370. The molecule has 0 aromatic heterocycles. The highest BCUT2D eigenvalue weighted by Crippen LogP contribution is 2.39. The van der Waals surface area contributed by atoms with Crippen LogP contribution in [0.15, 0.2) is 0 Å². The van der Waals surface area contributed by atoms with E-state index in [4.69, 9.17) is 4.74 Å². The molecule has 1 rings (SSSR count). The Balaban J connectivity index is 2.64. The summed E-state index contributed by atoms with van der Waals surface area (Å²) in [6, 6.07) is 0. The molecule has 1 saturated carbocycles. The molecule has 1 aliphatic rings. The molecule has 0 saturated heterocycles. The van der Waals surface area contributed by atoms with E-state index >= 15 is 0 Å². The van der Waals surface area contributed by atoms with Crippen LogP contribution in [-0.2, 0) is 9.53 Å². The van der Waals surface area contributed by atoms with Gasteiger partial charge < -0.3 is 4.74 Å². The van der Waals surface area contributed by atoms with Crippen LogP contribution < -0.4 is 0 Å². The summed E-state index contributed by atoms with van der Waals surface area (Å²) >= 11 is 0. The van der Waals surface area contributed by atoms with Crippen molar-refractivity contribution in [3.8, 4) is 0 Å². The van der Waals surface area contributed by atoms with Crippen LogP contribution in [0.2, 0.25) is 0 Å². The zero-order valence-corrected chi connectivity index (χ0v) is 10.3. The lowest BCUT2D eigenvalue weighted by Crippen LogP contribution is -2.39. The van der Waals surface area contributed by atoms with Gasteiger partial charge in [-0.05, 0) is 38.0 Å². The fourth-order valence-electron chi connectivity index (χ4n) is 2.46. The van der Waals surface area contributed by atoms with Crippen molar-refractivity contribution in [1.29, 1.82) is 0 Å². The molecule has 0 amide bonds. The molecule has 2 unspecified atom stereocenters. The summed E-state index contributed by atoms with van der Waals surface area (Å²) in [5, 5.41) is 0. The van der Waals surface area contributed by atoms with Crippen molar-refractivity contribution >= 4 is 5.78 Å². The lowest BCUT2D eigenvalue weighted by atomic mass is 9.92. The fourth-order valence-corrected chi connectivity index (χ4v) is 2.46. The van der Waals surface area contributed by atoms with Crippen LogP contribution >= 0.6 is 0 Å². The minimum Gasteiger partial charge on any atom is -0.367 e. The zero-order valence-electron chi connectivity index (χ0n) is 10.3. The molecular formula is C13H24O2. The van der Waals surface area contributed by atoms with Crippen molar-refractivity contribution in [2.45, 2.75) is 64.9 Å². The van der Waals surface area contributed by atoms with Crippen LogP contribution in [0.25, 0.3) is 0 Å². The highest BCUT2D eigenvalue weighted by molar-refractivity contribution is 5.87. The number of ether oxygens (including phenoxy) is 1. The van der Waals surface area contributed by atoms with Gasteiger partial charge in [-0.3, -0.25) is 4.79 Å². The van der Waals surface area contributed by atoms with Gasteiger partial charge in [0.05, 0.1) is 0 Å². The van der Waals surface area contributed by atoms with E-state index in [-0.39, 0.29) is 0 Å². The predicted molar refractivity (Wildman–Crippen MR) is 61.9 cm³/mol. The standard InChI is InChI=1S/C13H24O2/c1-4-6-12(14)13(15-9-5-2)8-7-11(3)10-13/h11H,4-10H2,1-3H3. The number of Topliss-reactive ketones (excluding diaryl/α,β-unsaturated/α-hetero) is 1. The second-order valence-corrected chi connectivity index (χ2v) is 4.86. The van der Waals surface area contributed by atoms with Crippen LogP contribution in [0, 0.1) is 5.92 Å². The molecule has 0 N–H and O–H groups in total. The molecule has 0 aliphatic heterocycles. The molecule has 1 aliphatic carbocycles. The molecule has 0 aromatic rings. The molecule has 0 heterocycles. The first kappa shape index (κ1) is 12.7. The van der Waals surface area contributed by atoms with E-state index in [1.54, 1.807) is 0 Å². The number of hydrogen-bond donors (Lipinski definition) is 0. The molecular weight excluding hydrogens is 188 g/mol. The first-order valence-electron chi connectivity index (χ1n) is 6.32. The maximum Gasteiger partial charge on any atom is 0.164 e. The second kappa shape index (κ2) is 5.64. The van der Waals surface area contributed by atoms with Crippen LogP contribution in [0.3, 0.4) is 0 Å². The summed E-state index contributed by atoms with van der Waals surface area (Å²) in [4.78, 5) is 12.1. The number of ketones is 1. The maximum atomic E-state index is 12.1. The van der Waals surface area contributed by atoms with E-state index < -0.39 is 5.60 Å². The quantitative estimate of drug-likeness (QED) is 0.675. The zero-order chi connectivity index (χ0) is 11.3. The first-order chi connectivity index (χ1) is 7.14. The van der Waals surface area contributed by atoms with Crippen molar-refractivity contribution in [2.75, 3.05) is 6.61 Å². The highest BCUT2D eigenvalue weighted by Gasteiger charge is 2.43. The van der Waals surface area contributed by atoms with E-state index in [2.05, 4.69) is 20.8 Å². The molecule has 1 fully saturated rings. The fraction of sp³-hybridized carbons (Fsp3) is 0.923. The van der Waals surface area contributed by atoms with Crippen molar-refractivity contribution in [3.05, 3.63) is 0 Å². The Kier molecular flexibility index (Phi) is 4.78. The van der Waals surface area contributed by atoms with E-state index in [1.807, 2.05) is 0 Å². The Morgan fingerprint density at radius 1 is 1.40 bits per heavy atom. The van der Waals surface area contributed by atoms with Crippen molar-refractivity contribution < 1.29 is 9.53 Å². The average Bonchev–Trinajstić information content (AvgIpc) is 2.59. The first-order valence-corrected chi connectivity index (χ1v) is 6.32. The Morgan fingerprint density at radius 3 is 2.60 bits per heavy atom. The summed E-state index contributed by atoms with van der Waals surface area (Å²) in [6.45, 7) is 7.10. The van der Waals surface area contributed by atoms with Gasteiger partial charge in [-0.2, -0.15) is 0 Å². The normalized spacial score (nSPS) is 30.7. The van der Waals surface area contributed by atoms with Crippen LogP contribution in [0.4, 0.5) is 0 Å². The van der Waals surface area contributed by atoms with E-state index in [1.165, 1.54) is 0 Å². The molecule has 0 bridgehead atoms. The van der Waals surface area contributed by atoms with E-state index in [0.717, 1.165) is 38.7 Å². The third-order valence-corrected chi connectivity index (χ3v) is 3.29. The topological polar surface area (TPSA) is 26.3 Å². The van der Waals surface area contributed by atoms with Gasteiger partial charge in [0.15, 0.2) is 5.78 Å². The summed E-state index contributed by atoms with van der Waals surface area (Å²) in [6.07, 6.45) is 5.62. The molecule has 2 nitrogen and oxygen atoms in total. The predicted octanol–water partition coefficient (Wildman–Crippen LogP) is 3.34. The summed E-state index contributed by atoms with van der Waals surface area (Å²) in [5.74, 6) is 0.977. The summed E-state index contributed by atoms with van der Waals surface area (Å²) < 4.78 is 5.87. The van der Waals surface area contributed by atoms with Crippen LogP contribution in [-0.4, -0.2) is 18.0 Å². The lowest BCUT2D eigenvalue weighted by Gasteiger charge is -2.28. The third kappa shape index (κ3) is 3.04. The minimum absolute atomic E-state index is 0.336. The third-order valence-electron chi connectivity index (χ3n) is 3.29. The van der Waals surface area contributed by atoms with Gasteiger partial charge in [0, 0.05) is 13.0 Å². The highest BCUT2D eigenvalue weighted by atomic mass is 16.5. The monoisotopic (exact) mass is 212 g/mol. The van der Waals surface area contributed by atoms with Gasteiger partial charge >= 0.3 is 0 Å². The molecule has 15 heavy (non-hydrogen) atoms. The van der Waals surface area contributed by atoms with Gasteiger partial charge in [0.2, 0.25) is 0 Å².